The van der Waals surface area contributed by atoms with Crippen LogP contribution in [0.3, 0.4) is 0 Å². The summed E-state index contributed by atoms with van der Waals surface area (Å²) in [5, 5.41) is 0. The largest absolute Gasteiger partial charge is 0.336 e. The second-order valence-corrected chi connectivity index (χ2v) is 8.10. The van der Waals surface area contributed by atoms with Gasteiger partial charge in [0.15, 0.2) is 0 Å². The molecule has 150 valence electrons. The lowest BCUT2D eigenvalue weighted by Crippen LogP contribution is -2.26. The Morgan fingerprint density at radius 1 is 1.14 bits per heavy atom. The lowest BCUT2D eigenvalue weighted by molar-refractivity contribution is 0.0783. The van der Waals surface area contributed by atoms with E-state index in [0.29, 0.717) is 29.1 Å². The number of amides is 1. The second-order valence-electron chi connectivity index (χ2n) is 6.45. The highest BCUT2D eigenvalue weighted by Gasteiger charge is 2.18. The molecule has 0 atom stereocenters. The van der Waals surface area contributed by atoms with Crippen LogP contribution in [0.15, 0.2) is 66.0 Å². The molecule has 3 aromatic rings. The third-order valence-corrected chi connectivity index (χ3v) is 5.71. The molecule has 0 bridgehead atoms. The van der Waals surface area contributed by atoms with E-state index >= 15 is 0 Å². The van der Waals surface area contributed by atoms with E-state index in [1.54, 1.807) is 25.6 Å². The highest BCUT2D eigenvalue weighted by atomic mass is 32.2. The molecule has 0 aliphatic carbocycles. The summed E-state index contributed by atoms with van der Waals surface area (Å²) in [7, 11) is -2.23. The molecular weight excluding hydrogens is 395 g/mol. The van der Waals surface area contributed by atoms with Crippen molar-refractivity contribution < 1.29 is 17.6 Å². The van der Waals surface area contributed by atoms with Gasteiger partial charge in [0.2, 0.25) is 0 Å². The van der Waals surface area contributed by atoms with Crippen LogP contribution in [0.25, 0.3) is 0 Å². The number of hydrogen-bond acceptors (Lipinski definition) is 5. The molecular formula is C20H19FN4O3S. The van der Waals surface area contributed by atoms with Crippen molar-refractivity contribution in [3.05, 3.63) is 83.7 Å². The molecule has 3 rings (SSSR count). The molecule has 0 unspecified atom stereocenters. The maximum Gasteiger partial charge on any atom is 0.262 e. The molecule has 0 saturated heterocycles. The molecule has 0 spiro atoms. The molecule has 0 aliphatic heterocycles. The fourth-order valence-electron chi connectivity index (χ4n) is 2.75. The zero-order valence-corrected chi connectivity index (χ0v) is 16.6. The minimum Gasteiger partial charge on any atom is -0.336 e. The summed E-state index contributed by atoms with van der Waals surface area (Å²) in [6.45, 7) is 1.82. The molecule has 7 nitrogen and oxygen atoms in total. The normalized spacial score (nSPS) is 11.1. The average Bonchev–Trinajstić information content (AvgIpc) is 2.68. The SMILES string of the molecule is Cc1cc(F)ccc1S(=O)(=O)Nc1ccc(C(=O)N(C)Cc2cnccn2)cc1. The summed E-state index contributed by atoms with van der Waals surface area (Å²) in [6, 6.07) is 9.53. The molecule has 0 radical (unpaired) electrons. The number of nitrogens with one attached hydrogen (secondary N) is 1. The van der Waals surface area contributed by atoms with E-state index in [2.05, 4.69) is 14.7 Å². The standard InChI is InChI=1S/C20H19FN4O3S/c1-14-11-16(21)5-8-19(14)29(27,28)24-17-6-3-15(4-7-17)20(26)25(2)13-18-12-22-9-10-23-18/h3-12,24H,13H2,1-2H3. The third-order valence-electron chi connectivity index (χ3n) is 4.17. The third kappa shape index (κ3) is 4.94. The van der Waals surface area contributed by atoms with Crippen molar-refractivity contribution in [1.29, 1.82) is 0 Å². The van der Waals surface area contributed by atoms with E-state index in [9.17, 15) is 17.6 Å². The summed E-state index contributed by atoms with van der Waals surface area (Å²) >= 11 is 0. The molecule has 9 heteroatoms. The summed E-state index contributed by atoms with van der Waals surface area (Å²) in [6.07, 6.45) is 4.69. The van der Waals surface area contributed by atoms with Crippen LogP contribution in [0.1, 0.15) is 21.6 Å². The molecule has 29 heavy (non-hydrogen) atoms. The van der Waals surface area contributed by atoms with Gasteiger partial charge in [0, 0.05) is 30.7 Å². The summed E-state index contributed by atoms with van der Waals surface area (Å²) in [4.78, 5) is 22.1. The quantitative estimate of drug-likeness (QED) is 0.669. The monoisotopic (exact) mass is 414 g/mol. The lowest BCUT2D eigenvalue weighted by atomic mass is 10.2. The van der Waals surface area contributed by atoms with Crippen molar-refractivity contribution in [3.63, 3.8) is 0 Å². The van der Waals surface area contributed by atoms with Gasteiger partial charge in [-0.25, -0.2) is 12.8 Å². The van der Waals surface area contributed by atoms with Gasteiger partial charge in [0.1, 0.15) is 5.82 Å². The predicted molar refractivity (Wildman–Crippen MR) is 106 cm³/mol. The average molecular weight is 414 g/mol. The van der Waals surface area contributed by atoms with Crippen molar-refractivity contribution in [1.82, 2.24) is 14.9 Å². The van der Waals surface area contributed by atoms with Crippen LogP contribution in [0.2, 0.25) is 0 Å². The summed E-state index contributed by atoms with van der Waals surface area (Å²) in [5.41, 5.74) is 1.65. The van der Waals surface area contributed by atoms with Crippen LogP contribution < -0.4 is 4.72 Å². The first-order valence-corrected chi connectivity index (χ1v) is 10.1. The minimum absolute atomic E-state index is 0.0113. The first-order valence-electron chi connectivity index (χ1n) is 8.65. The molecule has 0 fully saturated rings. The number of sulfonamides is 1. The number of anilines is 1. The number of rotatable bonds is 6. The fourth-order valence-corrected chi connectivity index (χ4v) is 4.04. The first kappa shape index (κ1) is 20.4. The van der Waals surface area contributed by atoms with E-state index in [-0.39, 0.29) is 10.8 Å². The molecule has 0 saturated carbocycles. The lowest BCUT2D eigenvalue weighted by Gasteiger charge is -2.17. The van der Waals surface area contributed by atoms with Crippen LogP contribution in [-0.4, -0.2) is 36.2 Å². The molecule has 1 amide bonds. The zero-order valence-electron chi connectivity index (χ0n) is 15.8. The van der Waals surface area contributed by atoms with Gasteiger partial charge in [-0.3, -0.25) is 19.5 Å². The Kier molecular flexibility index (Phi) is 5.88. The van der Waals surface area contributed by atoms with E-state index in [4.69, 9.17) is 0 Å². The number of aromatic nitrogens is 2. The summed E-state index contributed by atoms with van der Waals surface area (Å²) in [5.74, 6) is -0.741. The Bertz CT molecular complexity index is 1120. The van der Waals surface area contributed by atoms with Gasteiger partial charge in [0.05, 0.1) is 23.3 Å². The maximum absolute atomic E-state index is 13.2. The topological polar surface area (TPSA) is 92.3 Å². The Morgan fingerprint density at radius 3 is 2.48 bits per heavy atom. The van der Waals surface area contributed by atoms with Crippen molar-refractivity contribution in [2.75, 3.05) is 11.8 Å². The van der Waals surface area contributed by atoms with Crippen LogP contribution in [0, 0.1) is 12.7 Å². The predicted octanol–water partition coefficient (Wildman–Crippen LogP) is 3.00. The van der Waals surface area contributed by atoms with Crippen molar-refractivity contribution in [2.45, 2.75) is 18.4 Å². The number of benzene rings is 2. The zero-order chi connectivity index (χ0) is 21.0. The molecule has 2 aromatic carbocycles. The fraction of sp³-hybridized carbons (Fsp3) is 0.150. The molecule has 1 aromatic heterocycles. The van der Waals surface area contributed by atoms with Crippen LogP contribution in [0.5, 0.6) is 0 Å². The van der Waals surface area contributed by atoms with Gasteiger partial charge in [-0.2, -0.15) is 0 Å². The smallest absolute Gasteiger partial charge is 0.262 e. The number of carbonyl (C=O) groups is 1. The number of halogens is 1. The molecule has 0 aliphatic rings. The van der Waals surface area contributed by atoms with Crippen molar-refractivity contribution in [3.8, 4) is 0 Å². The Morgan fingerprint density at radius 2 is 1.86 bits per heavy atom. The van der Waals surface area contributed by atoms with E-state index in [1.807, 2.05) is 0 Å². The Balaban J connectivity index is 1.71. The number of carbonyl (C=O) groups excluding carboxylic acids is 1. The highest BCUT2D eigenvalue weighted by Crippen LogP contribution is 2.21. The van der Waals surface area contributed by atoms with Gasteiger partial charge in [-0.05, 0) is 55.0 Å². The van der Waals surface area contributed by atoms with E-state index in [0.717, 1.165) is 12.1 Å². The summed E-state index contributed by atoms with van der Waals surface area (Å²) < 4.78 is 40.7. The molecule has 1 N–H and O–H groups in total. The Hall–Kier alpha value is -3.33. The van der Waals surface area contributed by atoms with Gasteiger partial charge < -0.3 is 4.90 Å². The first-order chi connectivity index (χ1) is 13.8. The van der Waals surface area contributed by atoms with Gasteiger partial charge >= 0.3 is 0 Å². The number of hydrogen-bond donors (Lipinski definition) is 1. The second kappa shape index (κ2) is 8.36. The van der Waals surface area contributed by atoms with Gasteiger partial charge in [-0.1, -0.05) is 0 Å². The van der Waals surface area contributed by atoms with Gasteiger partial charge in [-0.15, -0.1) is 0 Å². The van der Waals surface area contributed by atoms with E-state index in [1.165, 1.54) is 42.2 Å². The highest BCUT2D eigenvalue weighted by molar-refractivity contribution is 7.92. The van der Waals surface area contributed by atoms with E-state index < -0.39 is 15.8 Å². The number of aryl methyl sites for hydroxylation is 1. The van der Waals surface area contributed by atoms with Crippen LogP contribution in [-0.2, 0) is 16.6 Å². The van der Waals surface area contributed by atoms with Gasteiger partial charge in [0.25, 0.3) is 15.9 Å². The molecule has 1 heterocycles. The van der Waals surface area contributed by atoms with Crippen molar-refractivity contribution >= 4 is 21.6 Å². The Labute approximate surface area is 168 Å². The maximum atomic E-state index is 13.2. The van der Waals surface area contributed by atoms with Crippen LogP contribution >= 0.6 is 0 Å². The number of nitrogens with zero attached hydrogens (tertiary/aromatic N) is 3. The minimum atomic E-state index is -3.88. The van der Waals surface area contributed by atoms with Crippen molar-refractivity contribution in [2.24, 2.45) is 0 Å². The van der Waals surface area contributed by atoms with Crippen LogP contribution in [0.4, 0.5) is 10.1 Å².